The van der Waals surface area contributed by atoms with Gasteiger partial charge < -0.3 is 5.41 Å². The van der Waals surface area contributed by atoms with E-state index in [4.69, 9.17) is 5.41 Å². The smallest absolute Gasteiger partial charge is 0.138 e. The molecular formula is C9H15NO. The summed E-state index contributed by atoms with van der Waals surface area (Å²) < 4.78 is 0. The van der Waals surface area contributed by atoms with Crippen molar-refractivity contribution in [2.45, 2.75) is 39.0 Å². The first-order chi connectivity index (χ1) is 5.18. The van der Waals surface area contributed by atoms with Gasteiger partial charge in [0.1, 0.15) is 5.78 Å². The number of nitrogens with one attached hydrogen (secondary N) is 1. The molecular weight excluding hydrogens is 138 g/mol. The van der Waals surface area contributed by atoms with Crippen LogP contribution in [0.2, 0.25) is 0 Å². The van der Waals surface area contributed by atoms with Gasteiger partial charge in [0.2, 0.25) is 0 Å². The molecule has 0 amide bonds. The molecule has 2 nitrogen and oxygen atoms in total. The van der Waals surface area contributed by atoms with Gasteiger partial charge >= 0.3 is 0 Å². The molecule has 1 fully saturated rings. The van der Waals surface area contributed by atoms with E-state index in [0.717, 1.165) is 6.42 Å². The predicted octanol–water partition coefficient (Wildman–Crippen LogP) is 2.18. The highest BCUT2D eigenvalue weighted by Crippen LogP contribution is 2.29. The first-order valence-corrected chi connectivity index (χ1v) is 4.24. The number of Topliss-reactive ketones (excluding diaryl/α,β-unsaturated/α-hetero) is 1. The maximum atomic E-state index is 11.1. The Kier molecular flexibility index (Phi) is 2.80. The highest BCUT2D eigenvalue weighted by molar-refractivity contribution is 5.99. The fourth-order valence-electron chi connectivity index (χ4n) is 1.39. The molecule has 0 radical (unpaired) electrons. The summed E-state index contributed by atoms with van der Waals surface area (Å²) in [5.41, 5.74) is 0.495. The van der Waals surface area contributed by atoms with Crippen molar-refractivity contribution in [3.05, 3.63) is 0 Å². The summed E-state index contributed by atoms with van der Waals surface area (Å²) in [6.07, 6.45) is 4.83. The average molecular weight is 153 g/mol. The van der Waals surface area contributed by atoms with Crippen molar-refractivity contribution in [3.8, 4) is 0 Å². The maximum absolute atomic E-state index is 11.1. The van der Waals surface area contributed by atoms with E-state index in [9.17, 15) is 4.79 Å². The highest BCUT2D eigenvalue weighted by Gasteiger charge is 2.20. The van der Waals surface area contributed by atoms with Crippen molar-refractivity contribution in [2.75, 3.05) is 0 Å². The largest absolute Gasteiger partial charge is 0.310 e. The van der Waals surface area contributed by atoms with E-state index >= 15 is 0 Å². The van der Waals surface area contributed by atoms with Crippen molar-refractivity contribution >= 4 is 11.5 Å². The second-order valence-corrected chi connectivity index (χ2v) is 3.50. The average Bonchev–Trinajstić information content (AvgIpc) is 1.77. The molecule has 0 bridgehead atoms. The Labute approximate surface area is 67.5 Å². The Hall–Kier alpha value is -0.660. The Balaban J connectivity index is 2.14. The van der Waals surface area contributed by atoms with E-state index in [1.54, 1.807) is 6.92 Å². The Morgan fingerprint density at radius 3 is 2.55 bits per heavy atom. The van der Waals surface area contributed by atoms with Crippen molar-refractivity contribution in [1.29, 1.82) is 5.41 Å². The van der Waals surface area contributed by atoms with Crippen LogP contribution in [0.3, 0.4) is 0 Å². The third-order valence-electron chi connectivity index (χ3n) is 2.20. The molecule has 11 heavy (non-hydrogen) atoms. The van der Waals surface area contributed by atoms with Crippen LogP contribution in [0.25, 0.3) is 0 Å². The standard InChI is InChI=1S/C9H15NO/c1-7(10)5-9(11)6-8-3-2-4-8/h8,10H,2-6H2,1H3. The molecule has 62 valence electrons. The number of carbonyl (C=O) groups excluding carboxylic acids is 1. The van der Waals surface area contributed by atoms with Crippen molar-refractivity contribution in [2.24, 2.45) is 5.92 Å². The van der Waals surface area contributed by atoms with Crippen LogP contribution in [0, 0.1) is 11.3 Å². The molecule has 1 saturated carbocycles. The molecule has 0 aromatic carbocycles. The topological polar surface area (TPSA) is 40.9 Å². The predicted molar refractivity (Wildman–Crippen MR) is 45.0 cm³/mol. The molecule has 0 spiro atoms. The Morgan fingerprint density at radius 1 is 1.55 bits per heavy atom. The number of carbonyl (C=O) groups is 1. The zero-order valence-corrected chi connectivity index (χ0v) is 7.02. The van der Waals surface area contributed by atoms with E-state index in [2.05, 4.69) is 0 Å². The molecule has 0 aliphatic heterocycles. The lowest BCUT2D eigenvalue weighted by molar-refractivity contribution is -0.119. The van der Waals surface area contributed by atoms with E-state index in [1.165, 1.54) is 19.3 Å². The second kappa shape index (κ2) is 3.65. The van der Waals surface area contributed by atoms with Gasteiger partial charge in [-0.2, -0.15) is 0 Å². The van der Waals surface area contributed by atoms with E-state index in [0.29, 0.717) is 18.1 Å². The molecule has 0 atom stereocenters. The first kappa shape index (κ1) is 8.44. The minimum atomic E-state index is 0.252. The van der Waals surface area contributed by atoms with Gasteiger partial charge in [0.15, 0.2) is 0 Å². The second-order valence-electron chi connectivity index (χ2n) is 3.50. The summed E-state index contributed by atoms with van der Waals surface area (Å²) in [5, 5.41) is 7.12. The third kappa shape index (κ3) is 2.83. The fourth-order valence-corrected chi connectivity index (χ4v) is 1.39. The van der Waals surface area contributed by atoms with Gasteiger partial charge in [0.05, 0.1) is 0 Å². The van der Waals surface area contributed by atoms with Gasteiger partial charge in [-0.15, -0.1) is 0 Å². The molecule has 1 aliphatic rings. The summed E-state index contributed by atoms with van der Waals surface area (Å²) in [6, 6.07) is 0. The minimum absolute atomic E-state index is 0.252. The number of hydrogen-bond donors (Lipinski definition) is 1. The van der Waals surface area contributed by atoms with Crippen molar-refractivity contribution in [3.63, 3.8) is 0 Å². The van der Waals surface area contributed by atoms with Gasteiger partial charge in [-0.05, 0) is 12.8 Å². The SMILES string of the molecule is CC(=N)CC(=O)CC1CCC1. The minimum Gasteiger partial charge on any atom is -0.310 e. The fraction of sp³-hybridized carbons (Fsp3) is 0.778. The molecule has 2 heteroatoms. The summed E-state index contributed by atoms with van der Waals surface area (Å²) in [5.74, 6) is 0.907. The van der Waals surface area contributed by atoms with Gasteiger partial charge in [0.25, 0.3) is 0 Å². The Morgan fingerprint density at radius 2 is 2.18 bits per heavy atom. The maximum Gasteiger partial charge on any atom is 0.138 e. The summed E-state index contributed by atoms with van der Waals surface area (Å²) in [7, 11) is 0. The van der Waals surface area contributed by atoms with Gasteiger partial charge in [-0.3, -0.25) is 4.79 Å². The summed E-state index contributed by atoms with van der Waals surface area (Å²) >= 11 is 0. The van der Waals surface area contributed by atoms with Crippen molar-refractivity contribution < 1.29 is 4.79 Å². The normalized spacial score (nSPS) is 17.5. The van der Waals surface area contributed by atoms with Crippen LogP contribution in [-0.2, 0) is 4.79 Å². The monoisotopic (exact) mass is 153 g/mol. The highest BCUT2D eigenvalue weighted by atomic mass is 16.1. The molecule has 1 aliphatic carbocycles. The van der Waals surface area contributed by atoms with Crippen LogP contribution in [0.15, 0.2) is 0 Å². The first-order valence-electron chi connectivity index (χ1n) is 4.24. The van der Waals surface area contributed by atoms with E-state index in [1.807, 2.05) is 0 Å². The van der Waals surface area contributed by atoms with Crippen LogP contribution in [0.4, 0.5) is 0 Å². The molecule has 0 aromatic heterocycles. The number of ketones is 1. The van der Waals surface area contributed by atoms with Crippen molar-refractivity contribution in [1.82, 2.24) is 0 Å². The van der Waals surface area contributed by atoms with Gasteiger partial charge in [-0.25, -0.2) is 0 Å². The van der Waals surface area contributed by atoms with Crippen LogP contribution < -0.4 is 0 Å². The lowest BCUT2D eigenvalue weighted by Crippen LogP contribution is -2.16. The quantitative estimate of drug-likeness (QED) is 0.618. The molecule has 0 aromatic rings. The van der Waals surface area contributed by atoms with Crippen LogP contribution in [0.5, 0.6) is 0 Å². The molecule has 0 saturated heterocycles. The summed E-state index contributed by atoms with van der Waals surface area (Å²) in [4.78, 5) is 11.1. The molecule has 1 rings (SSSR count). The molecule has 0 heterocycles. The summed E-state index contributed by atoms with van der Waals surface area (Å²) in [6.45, 7) is 1.69. The number of hydrogen-bond acceptors (Lipinski definition) is 2. The lowest BCUT2D eigenvalue weighted by atomic mass is 9.81. The molecule has 0 unspecified atom stereocenters. The zero-order chi connectivity index (χ0) is 8.27. The number of rotatable bonds is 4. The van der Waals surface area contributed by atoms with Crippen LogP contribution in [0.1, 0.15) is 39.0 Å². The molecule has 1 N–H and O–H groups in total. The lowest BCUT2D eigenvalue weighted by Gasteiger charge is -2.24. The van der Waals surface area contributed by atoms with Gasteiger partial charge in [0, 0.05) is 18.6 Å². The van der Waals surface area contributed by atoms with E-state index in [-0.39, 0.29) is 5.78 Å². The third-order valence-corrected chi connectivity index (χ3v) is 2.20. The van der Waals surface area contributed by atoms with Gasteiger partial charge in [-0.1, -0.05) is 19.3 Å². The zero-order valence-electron chi connectivity index (χ0n) is 7.02. The van der Waals surface area contributed by atoms with E-state index < -0.39 is 0 Å². The Bertz CT molecular complexity index is 170. The van der Waals surface area contributed by atoms with Crippen LogP contribution >= 0.6 is 0 Å². The van der Waals surface area contributed by atoms with Crippen LogP contribution in [-0.4, -0.2) is 11.5 Å².